The van der Waals surface area contributed by atoms with Crippen molar-refractivity contribution in [3.05, 3.63) is 59.2 Å². The lowest BCUT2D eigenvalue weighted by Crippen LogP contribution is -2.45. The Morgan fingerprint density at radius 3 is 2.69 bits per heavy atom. The van der Waals surface area contributed by atoms with E-state index in [2.05, 4.69) is 31.7 Å². The van der Waals surface area contributed by atoms with Gasteiger partial charge in [0.15, 0.2) is 0 Å². The van der Waals surface area contributed by atoms with Gasteiger partial charge in [-0.2, -0.15) is 0 Å². The van der Waals surface area contributed by atoms with Crippen molar-refractivity contribution in [2.75, 3.05) is 20.8 Å². The van der Waals surface area contributed by atoms with Crippen molar-refractivity contribution in [3.63, 3.8) is 0 Å². The fraction of sp³-hybridized carbons (Fsp3) is 0.686. The van der Waals surface area contributed by atoms with Crippen LogP contribution in [-0.2, 0) is 9.57 Å². The average molecular weight is 532 g/mol. The molecule has 1 aliphatic heterocycles. The van der Waals surface area contributed by atoms with Crippen LogP contribution in [0.2, 0.25) is 0 Å². The Bertz CT molecular complexity index is 1100. The molecule has 3 saturated carbocycles. The van der Waals surface area contributed by atoms with E-state index in [1.807, 2.05) is 23.3 Å². The molecule has 1 aromatic rings. The molecule has 7 unspecified atom stereocenters. The lowest BCUT2D eigenvalue weighted by molar-refractivity contribution is -0.0757. The second-order valence-corrected chi connectivity index (χ2v) is 13.7. The number of hydroxylamine groups is 2. The Morgan fingerprint density at radius 1 is 1.15 bits per heavy atom. The number of carbonyl (C=O) groups is 1. The first-order valence-electron chi connectivity index (χ1n) is 15.8. The van der Waals surface area contributed by atoms with E-state index in [4.69, 9.17) is 9.57 Å². The number of ether oxygens (including phenoxy) is 1. The van der Waals surface area contributed by atoms with Crippen LogP contribution in [0, 0.1) is 29.1 Å². The van der Waals surface area contributed by atoms with Crippen molar-refractivity contribution in [2.24, 2.45) is 29.1 Å². The molecule has 4 fully saturated rings. The van der Waals surface area contributed by atoms with Crippen molar-refractivity contribution in [2.45, 2.75) is 102 Å². The number of amides is 1. The molecule has 4 heteroatoms. The number of unbranched alkanes of at least 4 members (excludes halogenated alkanes) is 1. The van der Waals surface area contributed by atoms with Crippen LogP contribution in [0.5, 0.6) is 0 Å². The summed E-state index contributed by atoms with van der Waals surface area (Å²) in [5.74, 6) is 3.44. The summed E-state index contributed by atoms with van der Waals surface area (Å²) < 4.78 is 6.41. The molecule has 7 atom stereocenters. The van der Waals surface area contributed by atoms with Crippen LogP contribution in [0.4, 0.5) is 0 Å². The van der Waals surface area contributed by atoms with Crippen LogP contribution in [0.1, 0.15) is 112 Å². The zero-order valence-corrected chi connectivity index (χ0v) is 24.6. The third-order valence-corrected chi connectivity index (χ3v) is 11.9. The van der Waals surface area contributed by atoms with Gasteiger partial charge in [0.1, 0.15) is 0 Å². The molecule has 0 aromatic heterocycles. The zero-order chi connectivity index (χ0) is 27.2. The molecule has 1 amide bonds. The second-order valence-electron chi connectivity index (χ2n) is 13.7. The van der Waals surface area contributed by atoms with E-state index in [9.17, 15) is 4.79 Å². The summed E-state index contributed by atoms with van der Waals surface area (Å²) in [5, 5.41) is 1.31. The first-order valence-corrected chi connectivity index (χ1v) is 15.8. The second kappa shape index (κ2) is 10.8. The Labute approximate surface area is 236 Å². The fourth-order valence-electron chi connectivity index (χ4n) is 9.96. The molecule has 0 radical (unpaired) electrons. The minimum absolute atomic E-state index is 0.0930. The minimum Gasteiger partial charge on any atom is -0.375 e. The molecule has 1 heterocycles. The monoisotopic (exact) mass is 531 g/mol. The number of benzene rings is 1. The van der Waals surface area contributed by atoms with Crippen LogP contribution >= 0.6 is 0 Å². The number of carbonyl (C=O) groups excluding carboxylic acids is 1. The Kier molecular flexibility index (Phi) is 7.56. The van der Waals surface area contributed by atoms with Crippen molar-refractivity contribution in [3.8, 4) is 0 Å². The fourth-order valence-corrected chi connectivity index (χ4v) is 9.96. The topological polar surface area (TPSA) is 38.8 Å². The summed E-state index contributed by atoms with van der Waals surface area (Å²) in [5.41, 5.74) is 6.30. The first-order chi connectivity index (χ1) is 18.9. The van der Waals surface area contributed by atoms with Crippen LogP contribution in [0.15, 0.2) is 48.1 Å². The molecule has 0 N–H and O–H groups in total. The van der Waals surface area contributed by atoms with Gasteiger partial charge in [0.25, 0.3) is 5.91 Å². The van der Waals surface area contributed by atoms with Gasteiger partial charge in [-0.15, -0.1) is 6.58 Å². The third-order valence-electron chi connectivity index (χ3n) is 11.9. The Balaban J connectivity index is 1.36. The standard InChI is InChI=1S/C35H49NO3/c1-5-6-7-9-27-15-17-31-29-16-14-26-22-35(19-8-21-39-35)20-18-28(26)32(29)30(23-34(27,31)2)24-10-12-25(13-11-24)33(37)36(3)38-4/h5,10-13,26-27,29-31H,1,6-9,14-23H2,2-4H3. The molecule has 39 heavy (non-hydrogen) atoms. The van der Waals surface area contributed by atoms with Gasteiger partial charge in [-0.25, -0.2) is 5.06 Å². The molecule has 6 rings (SSSR count). The van der Waals surface area contributed by atoms with Crippen LogP contribution < -0.4 is 0 Å². The third kappa shape index (κ3) is 4.74. The quantitative estimate of drug-likeness (QED) is 0.202. The Morgan fingerprint density at radius 2 is 1.97 bits per heavy atom. The van der Waals surface area contributed by atoms with Gasteiger partial charge in [0.2, 0.25) is 0 Å². The van der Waals surface area contributed by atoms with Crippen molar-refractivity contribution in [1.29, 1.82) is 0 Å². The van der Waals surface area contributed by atoms with E-state index in [1.165, 1.54) is 94.8 Å². The van der Waals surface area contributed by atoms with Crippen molar-refractivity contribution < 1.29 is 14.4 Å². The molecule has 212 valence electrons. The molecule has 1 aromatic carbocycles. The van der Waals surface area contributed by atoms with Crippen molar-refractivity contribution in [1.82, 2.24) is 5.06 Å². The highest BCUT2D eigenvalue weighted by Gasteiger charge is 2.57. The maximum Gasteiger partial charge on any atom is 0.277 e. The number of hydrogen-bond acceptors (Lipinski definition) is 3. The molecule has 5 aliphatic rings. The molecule has 4 nitrogen and oxygen atoms in total. The van der Waals surface area contributed by atoms with E-state index in [1.54, 1.807) is 7.05 Å². The summed E-state index contributed by atoms with van der Waals surface area (Å²) in [6, 6.07) is 8.57. The summed E-state index contributed by atoms with van der Waals surface area (Å²) in [7, 11) is 3.21. The SMILES string of the molecule is C=CCCCC1CCC2C3CCC4CC5(CCCO5)CCC4=C3C(c3ccc(C(=O)N(C)OC)cc3)CC12C. The molecule has 1 saturated heterocycles. The van der Waals surface area contributed by atoms with Gasteiger partial charge in [-0.3, -0.25) is 9.63 Å². The van der Waals surface area contributed by atoms with Gasteiger partial charge in [0.05, 0.1) is 12.7 Å². The number of hydrogen-bond donors (Lipinski definition) is 0. The Hall–Kier alpha value is -1.91. The number of allylic oxidation sites excluding steroid dienone is 3. The van der Waals surface area contributed by atoms with Crippen LogP contribution in [0.25, 0.3) is 0 Å². The maximum absolute atomic E-state index is 12.7. The van der Waals surface area contributed by atoms with Crippen molar-refractivity contribution >= 4 is 5.91 Å². The number of fused-ring (bicyclic) bond motifs is 4. The number of nitrogens with zero attached hydrogens (tertiary/aromatic N) is 1. The molecule has 1 spiro atoms. The summed E-state index contributed by atoms with van der Waals surface area (Å²) >= 11 is 0. The highest BCUT2D eigenvalue weighted by molar-refractivity contribution is 5.93. The maximum atomic E-state index is 12.7. The van der Waals surface area contributed by atoms with E-state index >= 15 is 0 Å². The normalized spacial score (nSPS) is 37.4. The zero-order valence-electron chi connectivity index (χ0n) is 24.6. The van der Waals surface area contributed by atoms with E-state index in [0.717, 1.165) is 30.8 Å². The van der Waals surface area contributed by atoms with E-state index < -0.39 is 0 Å². The summed E-state index contributed by atoms with van der Waals surface area (Å²) in [4.78, 5) is 17.9. The predicted octanol–water partition coefficient (Wildman–Crippen LogP) is 8.25. The van der Waals surface area contributed by atoms with Crippen LogP contribution in [-0.4, -0.2) is 37.3 Å². The van der Waals surface area contributed by atoms with E-state index in [0.29, 0.717) is 22.8 Å². The highest BCUT2D eigenvalue weighted by Crippen LogP contribution is 2.67. The molecule has 4 aliphatic carbocycles. The van der Waals surface area contributed by atoms with Gasteiger partial charge < -0.3 is 4.74 Å². The smallest absolute Gasteiger partial charge is 0.277 e. The largest absolute Gasteiger partial charge is 0.375 e. The summed E-state index contributed by atoms with van der Waals surface area (Å²) in [6.07, 6.45) is 18.8. The van der Waals surface area contributed by atoms with Gasteiger partial charge in [-0.05, 0) is 130 Å². The molecule has 0 bridgehead atoms. The average Bonchev–Trinajstić information content (AvgIpc) is 3.55. The van der Waals surface area contributed by atoms with Gasteiger partial charge in [0, 0.05) is 25.1 Å². The van der Waals surface area contributed by atoms with Gasteiger partial charge in [-0.1, -0.05) is 36.3 Å². The number of rotatable bonds is 7. The van der Waals surface area contributed by atoms with Gasteiger partial charge >= 0.3 is 0 Å². The minimum atomic E-state index is -0.0930. The predicted molar refractivity (Wildman–Crippen MR) is 156 cm³/mol. The lowest BCUT2D eigenvalue weighted by Gasteiger charge is -2.55. The first kappa shape index (κ1) is 27.3. The summed E-state index contributed by atoms with van der Waals surface area (Å²) in [6.45, 7) is 7.59. The van der Waals surface area contributed by atoms with Crippen LogP contribution in [0.3, 0.4) is 0 Å². The highest BCUT2D eigenvalue weighted by atomic mass is 16.7. The molecular formula is C35H49NO3. The molecular weight excluding hydrogens is 482 g/mol. The van der Waals surface area contributed by atoms with E-state index in [-0.39, 0.29) is 11.5 Å². The lowest BCUT2D eigenvalue weighted by atomic mass is 9.50.